The van der Waals surface area contributed by atoms with E-state index in [0.717, 1.165) is 0 Å². The third-order valence-electron chi connectivity index (χ3n) is 1.41. The summed E-state index contributed by atoms with van der Waals surface area (Å²) in [5.41, 5.74) is 0. The molecule has 0 aromatic rings. The maximum Gasteiger partial charge on any atom is 1.00 e. The van der Waals surface area contributed by atoms with Gasteiger partial charge in [0.2, 0.25) is 0 Å². The van der Waals surface area contributed by atoms with Crippen LogP contribution in [0.3, 0.4) is 0 Å². The van der Waals surface area contributed by atoms with Crippen molar-refractivity contribution < 1.29 is 25.4 Å². The van der Waals surface area contributed by atoms with E-state index in [1.165, 1.54) is 38.5 Å². The molecule has 0 spiro atoms. The van der Waals surface area contributed by atoms with Crippen LogP contribution in [-0.4, -0.2) is 11.7 Å². The van der Waals surface area contributed by atoms with E-state index in [9.17, 15) is 0 Å². The quantitative estimate of drug-likeness (QED) is 0.679. The first kappa shape index (κ1) is 24.0. The van der Waals surface area contributed by atoms with Gasteiger partial charge in [0.25, 0.3) is 0 Å². The Kier molecular flexibility index (Phi) is 64.2. The Labute approximate surface area is 105 Å². The van der Waals surface area contributed by atoms with E-state index in [1.54, 1.807) is 6.92 Å². The number of aliphatic hydroxyl groups is 1. The predicted molar refractivity (Wildman–Crippen MR) is 64.3 cm³/mol. The van der Waals surface area contributed by atoms with Crippen LogP contribution < -0.4 is 18.9 Å². The molecule has 86 valence electrons. The summed E-state index contributed by atoms with van der Waals surface area (Å²) < 4.78 is 0. The topological polar surface area (TPSA) is 20.2 Å². The zero-order valence-electron chi connectivity index (χ0n) is 12.4. The van der Waals surface area contributed by atoms with Crippen LogP contribution in [0.5, 0.6) is 0 Å². The molecule has 0 heterocycles. The van der Waals surface area contributed by atoms with E-state index >= 15 is 0 Å². The molecule has 1 nitrogen and oxygen atoms in total. The smallest absolute Gasteiger partial charge is 1.00 e. The first-order valence-electron chi connectivity index (χ1n) is 5.85. The van der Waals surface area contributed by atoms with Gasteiger partial charge in [-0.15, -0.1) is 0 Å². The first-order valence-corrected chi connectivity index (χ1v) is 5.85. The van der Waals surface area contributed by atoms with Crippen molar-refractivity contribution in [3.8, 4) is 0 Å². The van der Waals surface area contributed by atoms with Crippen LogP contribution in [-0.2, 0) is 0 Å². The summed E-state index contributed by atoms with van der Waals surface area (Å²) in [4.78, 5) is 0. The molecule has 0 rings (SSSR count). The average molecular weight is 198 g/mol. The molecule has 0 radical (unpaired) electrons. The van der Waals surface area contributed by atoms with Crippen LogP contribution in [0.4, 0.5) is 0 Å². The van der Waals surface area contributed by atoms with E-state index in [-0.39, 0.29) is 26.9 Å². The van der Waals surface area contributed by atoms with Gasteiger partial charge in [-0.05, 0) is 6.92 Å². The minimum absolute atomic E-state index is 0. The zero-order chi connectivity index (χ0) is 10.9. The van der Waals surface area contributed by atoms with Crippen molar-refractivity contribution >= 4 is 0 Å². The summed E-state index contributed by atoms with van der Waals surface area (Å²) in [6.45, 7) is 10.8. The molecule has 1 N–H and O–H groups in total. The predicted octanol–water partition coefficient (Wildman–Crippen LogP) is 1.51. The molecule has 14 heavy (non-hydrogen) atoms. The summed E-state index contributed by atoms with van der Waals surface area (Å²) in [7, 11) is 0. The third kappa shape index (κ3) is 80.8. The first-order chi connectivity index (χ1) is 6.24. The van der Waals surface area contributed by atoms with Gasteiger partial charge < -0.3 is 6.53 Å². The van der Waals surface area contributed by atoms with Crippen molar-refractivity contribution in [3.63, 3.8) is 0 Å². The number of hydrogen-bond donors (Lipinski definition) is 1. The second kappa shape index (κ2) is 37.4. The minimum Gasteiger partial charge on any atom is -1.00 e. The van der Waals surface area contributed by atoms with Gasteiger partial charge in [0.1, 0.15) is 0 Å². The van der Waals surface area contributed by atoms with Crippen molar-refractivity contribution in [1.82, 2.24) is 0 Å². The van der Waals surface area contributed by atoms with Crippen LogP contribution in [0, 0.1) is 0 Å². The van der Waals surface area contributed by atoms with Crippen LogP contribution in [0.15, 0.2) is 0 Å². The third-order valence-corrected chi connectivity index (χ3v) is 1.41. The second-order valence-electron chi connectivity index (χ2n) is 3.02. The van der Waals surface area contributed by atoms with Gasteiger partial charge >= 0.3 is 18.9 Å². The Balaban J connectivity index is -0.0000000322. The van der Waals surface area contributed by atoms with Gasteiger partial charge in [0, 0.05) is 6.61 Å². The van der Waals surface area contributed by atoms with E-state index in [0.29, 0.717) is 0 Å². The number of hydrogen-bond acceptors (Lipinski definition) is 1. The molecule has 0 saturated carbocycles. The fraction of sp³-hybridized carbons (Fsp3) is 1.00. The molecule has 0 atom stereocenters. The van der Waals surface area contributed by atoms with Gasteiger partial charge in [0.15, 0.2) is 0 Å². The maximum absolute atomic E-state index is 7.57. The van der Waals surface area contributed by atoms with Crippen LogP contribution in [0.1, 0.15) is 74.6 Å². The SMILES string of the molecule is CCCCC.CCCCC.CCO.[H-].[Li+]. The van der Waals surface area contributed by atoms with Crippen molar-refractivity contribution in [2.24, 2.45) is 0 Å². The molecule has 0 bridgehead atoms. The van der Waals surface area contributed by atoms with Gasteiger partial charge in [-0.2, -0.15) is 0 Å². The summed E-state index contributed by atoms with van der Waals surface area (Å²) in [5, 5.41) is 7.57. The van der Waals surface area contributed by atoms with Gasteiger partial charge in [-0.3, -0.25) is 0 Å². The summed E-state index contributed by atoms with van der Waals surface area (Å²) in [6.07, 6.45) is 8.15. The van der Waals surface area contributed by atoms with Crippen molar-refractivity contribution in [2.75, 3.05) is 6.61 Å². The van der Waals surface area contributed by atoms with Gasteiger partial charge in [0.05, 0.1) is 0 Å². The Morgan fingerprint density at radius 1 is 0.714 bits per heavy atom. The molecule has 0 aliphatic rings. The van der Waals surface area contributed by atoms with E-state index in [4.69, 9.17) is 5.11 Å². The maximum atomic E-state index is 7.57. The Hall–Kier alpha value is 0.557. The van der Waals surface area contributed by atoms with E-state index in [1.807, 2.05) is 0 Å². The molecule has 0 amide bonds. The van der Waals surface area contributed by atoms with E-state index < -0.39 is 0 Å². The summed E-state index contributed by atoms with van der Waals surface area (Å²) in [5.74, 6) is 0. The number of aliphatic hydroxyl groups excluding tert-OH is 1. The number of rotatable bonds is 4. The molecular formula is C12H31LiO. The van der Waals surface area contributed by atoms with Crippen LogP contribution in [0.25, 0.3) is 0 Å². The van der Waals surface area contributed by atoms with Gasteiger partial charge in [-0.1, -0.05) is 66.2 Å². The normalized spacial score (nSPS) is 7.29. The molecule has 0 aliphatic heterocycles. The summed E-state index contributed by atoms with van der Waals surface area (Å²) >= 11 is 0. The van der Waals surface area contributed by atoms with E-state index in [2.05, 4.69) is 27.7 Å². The molecule has 0 fully saturated rings. The number of unbranched alkanes of at least 4 members (excludes halogenated alkanes) is 4. The van der Waals surface area contributed by atoms with Crippen LogP contribution >= 0.6 is 0 Å². The Bertz CT molecular complexity index is 44.9. The van der Waals surface area contributed by atoms with Crippen molar-refractivity contribution in [1.29, 1.82) is 0 Å². The molecule has 0 unspecified atom stereocenters. The standard InChI is InChI=1S/2C5H12.C2H6O.Li.H/c2*1-3-5-4-2;1-2-3;;/h2*3-5H2,1-2H3;3H,2H2,1H3;;/q;;;+1;-1. The Morgan fingerprint density at radius 2 is 0.857 bits per heavy atom. The molecule has 0 aliphatic carbocycles. The fourth-order valence-corrected chi connectivity index (χ4v) is 0.707. The molecule has 2 heteroatoms. The molecular weight excluding hydrogens is 167 g/mol. The minimum atomic E-state index is 0. The molecule has 0 aromatic heterocycles. The average Bonchev–Trinajstić information content (AvgIpc) is 2.09. The Morgan fingerprint density at radius 3 is 0.857 bits per heavy atom. The van der Waals surface area contributed by atoms with Crippen LogP contribution in [0.2, 0.25) is 0 Å². The fourth-order valence-electron chi connectivity index (χ4n) is 0.707. The van der Waals surface area contributed by atoms with Gasteiger partial charge in [-0.25, -0.2) is 0 Å². The van der Waals surface area contributed by atoms with Crippen molar-refractivity contribution in [3.05, 3.63) is 0 Å². The second-order valence-corrected chi connectivity index (χ2v) is 3.02. The van der Waals surface area contributed by atoms with Crippen molar-refractivity contribution in [2.45, 2.75) is 73.1 Å². The largest absolute Gasteiger partial charge is 1.00 e. The molecule has 0 aromatic carbocycles. The monoisotopic (exact) mass is 198 g/mol. The zero-order valence-corrected chi connectivity index (χ0v) is 11.4. The summed E-state index contributed by atoms with van der Waals surface area (Å²) in [6, 6.07) is 0. The molecule has 0 saturated heterocycles.